The lowest BCUT2D eigenvalue weighted by atomic mass is 10.1. The highest BCUT2D eigenvalue weighted by Crippen LogP contribution is 2.41. The predicted octanol–water partition coefficient (Wildman–Crippen LogP) is 3.62. The molecule has 0 aliphatic rings. The van der Waals surface area contributed by atoms with Crippen LogP contribution in [0.1, 0.15) is 0 Å². The van der Waals surface area contributed by atoms with Gasteiger partial charge in [0.2, 0.25) is 0 Å². The van der Waals surface area contributed by atoms with E-state index < -0.39 is 0 Å². The lowest BCUT2D eigenvalue weighted by Crippen LogP contribution is -1.93. The van der Waals surface area contributed by atoms with Crippen LogP contribution < -0.4 is 9.47 Å². The Balaban J connectivity index is 2.87. The van der Waals surface area contributed by atoms with E-state index in [9.17, 15) is 0 Å². The van der Waals surface area contributed by atoms with E-state index in [0.29, 0.717) is 11.5 Å². The van der Waals surface area contributed by atoms with Crippen molar-refractivity contribution in [2.45, 2.75) is 0 Å². The van der Waals surface area contributed by atoms with Gasteiger partial charge in [0.1, 0.15) is 0 Å². The molecule has 0 aliphatic carbocycles. The van der Waals surface area contributed by atoms with Crippen molar-refractivity contribution in [2.24, 2.45) is 0 Å². The van der Waals surface area contributed by atoms with Gasteiger partial charge in [0, 0.05) is 26.7 Å². The quantitative estimate of drug-likeness (QED) is 0.730. The van der Waals surface area contributed by atoms with Crippen LogP contribution in [0.15, 0.2) is 22.9 Å². The van der Waals surface area contributed by atoms with Crippen molar-refractivity contribution in [1.82, 2.24) is 4.98 Å². The van der Waals surface area contributed by atoms with Crippen LogP contribution in [-0.4, -0.2) is 19.2 Å². The summed E-state index contributed by atoms with van der Waals surface area (Å²) in [6, 6.07) is 1.96. The largest absolute Gasteiger partial charge is 0.493 e. The highest BCUT2D eigenvalue weighted by atomic mass is 127. The molecular formula is C11H9BrINO2. The molecule has 84 valence electrons. The third-order valence-electron chi connectivity index (χ3n) is 2.30. The van der Waals surface area contributed by atoms with Gasteiger partial charge in [-0.15, -0.1) is 0 Å². The molecule has 5 heteroatoms. The molecule has 0 radical (unpaired) electrons. The van der Waals surface area contributed by atoms with Gasteiger partial charge in [-0.2, -0.15) is 0 Å². The Morgan fingerprint density at radius 1 is 1.19 bits per heavy atom. The summed E-state index contributed by atoms with van der Waals surface area (Å²) in [5.41, 5.74) is 0. The smallest absolute Gasteiger partial charge is 0.175 e. The van der Waals surface area contributed by atoms with Crippen molar-refractivity contribution >= 4 is 49.3 Å². The molecule has 0 unspecified atom stereocenters. The molecular weight excluding hydrogens is 385 g/mol. The lowest BCUT2D eigenvalue weighted by molar-refractivity contribution is 0.354. The molecule has 1 aromatic carbocycles. The average Bonchev–Trinajstić information content (AvgIpc) is 2.30. The molecule has 2 aromatic rings. The number of rotatable bonds is 2. The van der Waals surface area contributed by atoms with Crippen molar-refractivity contribution in [3.05, 3.63) is 26.5 Å². The van der Waals surface area contributed by atoms with E-state index in [4.69, 9.17) is 9.47 Å². The second-order valence-corrected chi connectivity index (χ2v) is 5.10. The van der Waals surface area contributed by atoms with E-state index in [2.05, 4.69) is 43.5 Å². The van der Waals surface area contributed by atoms with Crippen LogP contribution in [-0.2, 0) is 0 Å². The average molecular weight is 394 g/mol. The minimum absolute atomic E-state index is 0.693. The third-order valence-corrected chi connectivity index (χ3v) is 3.94. The molecule has 1 aromatic heterocycles. The fraction of sp³-hybridized carbons (Fsp3) is 0.182. The van der Waals surface area contributed by atoms with Crippen LogP contribution in [0.25, 0.3) is 10.8 Å². The molecule has 3 nitrogen and oxygen atoms in total. The van der Waals surface area contributed by atoms with Crippen LogP contribution in [0.5, 0.6) is 11.5 Å². The van der Waals surface area contributed by atoms with Crippen LogP contribution in [0, 0.1) is 3.57 Å². The second kappa shape index (κ2) is 4.75. The summed E-state index contributed by atoms with van der Waals surface area (Å²) < 4.78 is 12.6. The van der Waals surface area contributed by atoms with Gasteiger partial charge in [-0.05, 0) is 44.6 Å². The first-order valence-electron chi connectivity index (χ1n) is 4.52. The molecule has 0 saturated heterocycles. The van der Waals surface area contributed by atoms with Gasteiger partial charge in [-0.25, -0.2) is 0 Å². The van der Waals surface area contributed by atoms with E-state index in [1.807, 2.05) is 18.5 Å². The van der Waals surface area contributed by atoms with Crippen LogP contribution in [0.4, 0.5) is 0 Å². The van der Waals surface area contributed by atoms with Gasteiger partial charge in [-0.3, -0.25) is 4.98 Å². The summed E-state index contributed by atoms with van der Waals surface area (Å²) in [5.74, 6) is 1.41. The monoisotopic (exact) mass is 393 g/mol. The van der Waals surface area contributed by atoms with Crippen LogP contribution in [0.3, 0.4) is 0 Å². The molecule has 16 heavy (non-hydrogen) atoms. The maximum atomic E-state index is 5.31. The summed E-state index contributed by atoms with van der Waals surface area (Å²) in [5, 5.41) is 2.12. The topological polar surface area (TPSA) is 31.4 Å². The summed E-state index contributed by atoms with van der Waals surface area (Å²) in [6.45, 7) is 0. The van der Waals surface area contributed by atoms with Gasteiger partial charge >= 0.3 is 0 Å². The van der Waals surface area contributed by atoms with Crippen LogP contribution >= 0.6 is 38.5 Å². The zero-order valence-electron chi connectivity index (χ0n) is 8.75. The zero-order chi connectivity index (χ0) is 11.7. The number of hydrogen-bond acceptors (Lipinski definition) is 3. The SMILES string of the molecule is COc1cc2c(I)cncc2c(Br)c1OC. The standard InChI is InChI=1S/C11H9BrINO2/c1-15-9-3-6-7(4-14-5-8(6)13)10(12)11(9)16-2/h3-5H,1-2H3. The molecule has 0 saturated carbocycles. The van der Waals surface area contributed by atoms with Gasteiger partial charge in [0.25, 0.3) is 0 Å². The van der Waals surface area contributed by atoms with Crippen molar-refractivity contribution in [3.63, 3.8) is 0 Å². The maximum Gasteiger partial charge on any atom is 0.175 e. The van der Waals surface area contributed by atoms with E-state index in [0.717, 1.165) is 18.8 Å². The minimum atomic E-state index is 0.693. The van der Waals surface area contributed by atoms with Crippen molar-refractivity contribution in [1.29, 1.82) is 0 Å². The number of halogens is 2. The molecule has 0 amide bonds. The van der Waals surface area contributed by atoms with Crippen LogP contribution in [0.2, 0.25) is 0 Å². The number of nitrogens with zero attached hydrogens (tertiary/aromatic N) is 1. The van der Waals surface area contributed by atoms with E-state index in [-0.39, 0.29) is 0 Å². The summed E-state index contributed by atoms with van der Waals surface area (Å²) in [4.78, 5) is 4.17. The number of hydrogen-bond donors (Lipinski definition) is 0. The highest BCUT2D eigenvalue weighted by Gasteiger charge is 2.14. The van der Waals surface area contributed by atoms with Crippen molar-refractivity contribution < 1.29 is 9.47 Å². The Kier molecular flexibility index (Phi) is 3.53. The zero-order valence-corrected chi connectivity index (χ0v) is 12.5. The Hall–Kier alpha value is -0.560. The number of methoxy groups -OCH3 is 2. The van der Waals surface area contributed by atoms with E-state index in [1.165, 1.54) is 0 Å². The molecule has 0 N–H and O–H groups in total. The van der Waals surface area contributed by atoms with E-state index >= 15 is 0 Å². The number of pyridine rings is 1. The predicted molar refractivity (Wildman–Crippen MR) is 75.3 cm³/mol. The summed E-state index contributed by atoms with van der Waals surface area (Å²) in [6.07, 6.45) is 3.63. The fourth-order valence-electron chi connectivity index (χ4n) is 1.54. The third kappa shape index (κ3) is 1.86. The normalized spacial score (nSPS) is 10.5. The van der Waals surface area contributed by atoms with Gasteiger partial charge in [0.05, 0.1) is 18.7 Å². The van der Waals surface area contributed by atoms with E-state index in [1.54, 1.807) is 14.2 Å². The molecule has 0 spiro atoms. The molecule has 0 bridgehead atoms. The Morgan fingerprint density at radius 3 is 2.56 bits per heavy atom. The molecule has 0 atom stereocenters. The number of fused-ring (bicyclic) bond motifs is 1. The first kappa shape index (κ1) is 11.9. The first-order chi connectivity index (χ1) is 7.69. The Bertz CT molecular complexity index is 545. The second-order valence-electron chi connectivity index (χ2n) is 3.14. The van der Waals surface area contributed by atoms with Crippen molar-refractivity contribution in [2.75, 3.05) is 14.2 Å². The number of benzene rings is 1. The summed E-state index contributed by atoms with van der Waals surface area (Å²) in [7, 11) is 3.25. The maximum absolute atomic E-state index is 5.31. The Morgan fingerprint density at radius 2 is 1.94 bits per heavy atom. The number of ether oxygens (including phenoxy) is 2. The van der Waals surface area contributed by atoms with Gasteiger partial charge in [-0.1, -0.05) is 0 Å². The minimum Gasteiger partial charge on any atom is -0.493 e. The fourth-order valence-corrected chi connectivity index (χ4v) is 2.82. The van der Waals surface area contributed by atoms with Gasteiger partial charge < -0.3 is 9.47 Å². The van der Waals surface area contributed by atoms with Crippen molar-refractivity contribution in [3.8, 4) is 11.5 Å². The lowest BCUT2D eigenvalue weighted by Gasteiger charge is -2.12. The number of aromatic nitrogens is 1. The summed E-state index contributed by atoms with van der Waals surface area (Å²) >= 11 is 5.77. The molecule has 0 aliphatic heterocycles. The Labute approximate surface area is 115 Å². The molecule has 2 rings (SSSR count). The first-order valence-corrected chi connectivity index (χ1v) is 6.40. The van der Waals surface area contributed by atoms with Gasteiger partial charge in [0.15, 0.2) is 11.5 Å². The molecule has 0 fully saturated rings. The molecule has 1 heterocycles. The highest BCUT2D eigenvalue weighted by molar-refractivity contribution is 14.1.